The molecule has 0 N–H and O–H groups in total. The Morgan fingerprint density at radius 1 is 1.40 bits per heavy atom. The summed E-state index contributed by atoms with van der Waals surface area (Å²) in [5.74, 6) is 0. The molecule has 0 saturated heterocycles. The largest absolute Gasteiger partial charge is 0.269 e. The second kappa shape index (κ2) is 5.23. The van der Waals surface area contributed by atoms with Crippen molar-refractivity contribution in [1.82, 2.24) is 9.38 Å². The summed E-state index contributed by atoms with van der Waals surface area (Å²) in [5, 5.41) is 4.42. The third-order valence-corrected chi connectivity index (χ3v) is 3.89. The quantitative estimate of drug-likeness (QED) is 0.721. The van der Waals surface area contributed by atoms with Crippen LogP contribution in [0.2, 0.25) is 0 Å². The van der Waals surface area contributed by atoms with Crippen LogP contribution < -0.4 is 5.56 Å². The van der Waals surface area contributed by atoms with Crippen LogP contribution in [0.5, 0.6) is 0 Å². The lowest BCUT2D eigenvalue weighted by atomic mass is 10.2. The first-order valence-corrected chi connectivity index (χ1v) is 7.35. The molecule has 0 atom stereocenters. The number of hydrogen-bond acceptors (Lipinski definition) is 3. The van der Waals surface area contributed by atoms with Gasteiger partial charge in [-0.15, -0.1) is 0 Å². The Balaban J connectivity index is 2.13. The van der Waals surface area contributed by atoms with E-state index in [9.17, 15) is 4.79 Å². The first-order valence-electron chi connectivity index (χ1n) is 6.03. The minimum absolute atomic E-state index is 0.134. The summed E-state index contributed by atoms with van der Waals surface area (Å²) in [6.45, 7) is 1.93. The number of pyridine rings is 1. The van der Waals surface area contributed by atoms with E-state index < -0.39 is 0 Å². The Bertz CT molecular complexity index is 850. The van der Waals surface area contributed by atoms with Crippen LogP contribution in [0.3, 0.4) is 0 Å². The van der Waals surface area contributed by atoms with E-state index in [2.05, 4.69) is 4.98 Å². The van der Waals surface area contributed by atoms with Crippen LogP contribution >= 0.6 is 22.9 Å². The van der Waals surface area contributed by atoms with E-state index in [4.69, 9.17) is 11.6 Å². The third-order valence-electron chi connectivity index (χ3n) is 2.89. The molecule has 0 aliphatic heterocycles. The van der Waals surface area contributed by atoms with E-state index in [1.54, 1.807) is 17.5 Å². The molecule has 0 bridgehead atoms. The summed E-state index contributed by atoms with van der Waals surface area (Å²) in [5.41, 5.74) is 2.97. The monoisotopic (exact) mass is 302 g/mol. The highest BCUT2D eigenvalue weighted by molar-refractivity contribution is 7.08. The standard InChI is InChI=1S/C15H11ClN2OS/c1-10-2-3-14-17-13(7-15(19)18(14)8-10)12(16)6-11-4-5-20-9-11/h2-9H,1H3/b12-6-. The number of hydrogen-bond donors (Lipinski definition) is 0. The zero-order chi connectivity index (χ0) is 14.1. The molecule has 0 radical (unpaired) electrons. The molecule has 0 unspecified atom stereocenters. The molecule has 0 aromatic carbocycles. The molecule has 0 aliphatic rings. The van der Waals surface area contributed by atoms with Crippen molar-refractivity contribution in [2.24, 2.45) is 0 Å². The molecule has 0 saturated carbocycles. The predicted octanol–water partition coefficient (Wildman–Crippen LogP) is 3.80. The molecular weight excluding hydrogens is 292 g/mol. The maximum absolute atomic E-state index is 12.1. The van der Waals surface area contributed by atoms with Crippen LogP contribution in [0.25, 0.3) is 16.8 Å². The number of nitrogens with zero attached hydrogens (tertiary/aromatic N) is 2. The van der Waals surface area contributed by atoms with Gasteiger partial charge in [-0.05, 0) is 47.0 Å². The van der Waals surface area contributed by atoms with E-state index in [0.29, 0.717) is 16.4 Å². The smallest absolute Gasteiger partial charge is 0.258 e. The molecule has 100 valence electrons. The molecule has 3 heterocycles. The summed E-state index contributed by atoms with van der Waals surface area (Å²) >= 11 is 7.85. The third kappa shape index (κ3) is 2.53. The zero-order valence-electron chi connectivity index (χ0n) is 10.7. The first-order chi connectivity index (χ1) is 9.63. The van der Waals surface area contributed by atoms with Crippen LogP contribution in [-0.2, 0) is 0 Å². The van der Waals surface area contributed by atoms with Crippen molar-refractivity contribution in [2.75, 3.05) is 0 Å². The molecule has 3 aromatic heterocycles. The van der Waals surface area contributed by atoms with Gasteiger partial charge in [-0.25, -0.2) is 4.98 Å². The van der Waals surface area contributed by atoms with Gasteiger partial charge < -0.3 is 0 Å². The molecule has 3 rings (SSSR count). The molecule has 5 heteroatoms. The van der Waals surface area contributed by atoms with Gasteiger partial charge in [-0.2, -0.15) is 11.3 Å². The van der Waals surface area contributed by atoms with E-state index in [1.807, 2.05) is 42.0 Å². The average Bonchev–Trinajstić information content (AvgIpc) is 2.92. The minimum Gasteiger partial charge on any atom is -0.269 e. The fraction of sp³-hybridized carbons (Fsp3) is 0.0667. The van der Waals surface area contributed by atoms with Crippen LogP contribution in [0.1, 0.15) is 16.8 Å². The Morgan fingerprint density at radius 2 is 2.25 bits per heavy atom. The molecule has 0 fully saturated rings. The van der Waals surface area contributed by atoms with E-state index >= 15 is 0 Å². The lowest BCUT2D eigenvalue weighted by Gasteiger charge is -2.04. The predicted molar refractivity (Wildman–Crippen MR) is 84.2 cm³/mol. The van der Waals surface area contributed by atoms with Gasteiger partial charge in [0.1, 0.15) is 5.65 Å². The number of rotatable bonds is 2. The number of halogens is 1. The Morgan fingerprint density at radius 3 is 3.00 bits per heavy atom. The Labute approximate surface area is 124 Å². The molecule has 0 aliphatic carbocycles. The van der Waals surface area contributed by atoms with Gasteiger partial charge in [-0.3, -0.25) is 9.20 Å². The second-order valence-corrected chi connectivity index (χ2v) is 5.65. The highest BCUT2D eigenvalue weighted by Gasteiger charge is 2.06. The average molecular weight is 303 g/mol. The van der Waals surface area contributed by atoms with Gasteiger partial charge in [0.2, 0.25) is 0 Å². The summed E-state index contributed by atoms with van der Waals surface area (Å²) in [6.07, 6.45) is 3.58. The van der Waals surface area contributed by atoms with Crippen molar-refractivity contribution in [3.05, 3.63) is 68.4 Å². The number of thiophene rings is 1. The lowest BCUT2D eigenvalue weighted by molar-refractivity contribution is 1.02. The Kier molecular flexibility index (Phi) is 3.42. The van der Waals surface area contributed by atoms with Gasteiger partial charge in [0, 0.05) is 12.3 Å². The molecule has 20 heavy (non-hydrogen) atoms. The van der Waals surface area contributed by atoms with Crippen LogP contribution in [0, 0.1) is 6.92 Å². The van der Waals surface area contributed by atoms with Gasteiger partial charge in [-0.1, -0.05) is 17.7 Å². The Hall–Kier alpha value is -1.91. The SMILES string of the molecule is Cc1ccc2nc(/C(Cl)=C/c3ccsc3)cc(=O)n2c1. The number of fused-ring (bicyclic) bond motifs is 1. The minimum atomic E-state index is -0.134. The first kappa shape index (κ1) is 13.1. The molecule has 3 aromatic rings. The fourth-order valence-corrected chi connectivity index (χ4v) is 2.75. The molecule has 0 amide bonds. The highest BCUT2D eigenvalue weighted by atomic mass is 35.5. The molecule has 0 spiro atoms. The number of aryl methyl sites for hydroxylation is 1. The van der Waals surface area contributed by atoms with E-state index in [-0.39, 0.29) is 5.56 Å². The maximum atomic E-state index is 12.1. The van der Waals surface area contributed by atoms with Crippen molar-refractivity contribution in [1.29, 1.82) is 0 Å². The fourth-order valence-electron chi connectivity index (χ4n) is 1.91. The van der Waals surface area contributed by atoms with Gasteiger partial charge >= 0.3 is 0 Å². The van der Waals surface area contributed by atoms with Crippen LogP contribution in [0.15, 0.2) is 46.0 Å². The van der Waals surface area contributed by atoms with Crippen molar-refractivity contribution in [2.45, 2.75) is 6.92 Å². The second-order valence-electron chi connectivity index (χ2n) is 4.46. The van der Waals surface area contributed by atoms with Crippen LogP contribution in [-0.4, -0.2) is 9.38 Å². The van der Waals surface area contributed by atoms with E-state index in [0.717, 1.165) is 11.1 Å². The summed E-state index contributed by atoms with van der Waals surface area (Å²) in [4.78, 5) is 16.5. The summed E-state index contributed by atoms with van der Waals surface area (Å²) in [6, 6.07) is 7.15. The number of aromatic nitrogens is 2. The van der Waals surface area contributed by atoms with Crippen LogP contribution in [0.4, 0.5) is 0 Å². The van der Waals surface area contributed by atoms with Crippen molar-refractivity contribution in [3.63, 3.8) is 0 Å². The van der Waals surface area contributed by atoms with E-state index in [1.165, 1.54) is 10.5 Å². The zero-order valence-corrected chi connectivity index (χ0v) is 12.3. The van der Waals surface area contributed by atoms with Gasteiger partial charge in [0.05, 0.1) is 10.7 Å². The maximum Gasteiger partial charge on any atom is 0.258 e. The molecule has 3 nitrogen and oxygen atoms in total. The lowest BCUT2D eigenvalue weighted by Crippen LogP contribution is -2.15. The highest BCUT2D eigenvalue weighted by Crippen LogP contribution is 2.21. The van der Waals surface area contributed by atoms with Crippen molar-refractivity contribution < 1.29 is 0 Å². The van der Waals surface area contributed by atoms with Gasteiger partial charge in [0.15, 0.2) is 0 Å². The topological polar surface area (TPSA) is 34.4 Å². The normalized spacial score (nSPS) is 12.0. The van der Waals surface area contributed by atoms with Crippen molar-refractivity contribution in [3.8, 4) is 0 Å². The molecular formula is C15H11ClN2OS. The van der Waals surface area contributed by atoms with Crippen molar-refractivity contribution >= 4 is 39.7 Å². The summed E-state index contributed by atoms with van der Waals surface area (Å²) < 4.78 is 1.52. The van der Waals surface area contributed by atoms with Gasteiger partial charge in [0.25, 0.3) is 5.56 Å². The summed E-state index contributed by atoms with van der Waals surface area (Å²) in [7, 11) is 0.